The first-order valence-corrected chi connectivity index (χ1v) is 11.7. The monoisotopic (exact) mass is 455 g/mol. The van der Waals surface area contributed by atoms with Crippen molar-refractivity contribution in [2.24, 2.45) is 0 Å². The van der Waals surface area contributed by atoms with Gasteiger partial charge in [0.2, 0.25) is 5.91 Å². The smallest absolute Gasteiger partial charge is 0.246 e. The highest BCUT2D eigenvalue weighted by Gasteiger charge is 2.29. The van der Waals surface area contributed by atoms with Crippen molar-refractivity contribution in [2.45, 2.75) is 31.2 Å². The van der Waals surface area contributed by atoms with Gasteiger partial charge in [0.05, 0.1) is 26.7 Å². The van der Waals surface area contributed by atoms with Crippen molar-refractivity contribution in [1.82, 2.24) is 29.6 Å². The summed E-state index contributed by atoms with van der Waals surface area (Å²) < 4.78 is 3.02. The van der Waals surface area contributed by atoms with Gasteiger partial charge >= 0.3 is 0 Å². The van der Waals surface area contributed by atoms with Gasteiger partial charge in [-0.2, -0.15) is 5.10 Å². The molecule has 1 aliphatic carbocycles. The van der Waals surface area contributed by atoms with E-state index in [0.717, 1.165) is 17.5 Å². The average molecular weight is 456 g/mol. The summed E-state index contributed by atoms with van der Waals surface area (Å²) >= 11 is 1.77. The van der Waals surface area contributed by atoms with Crippen LogP contribution in [0.1, 0.15) is 47.5 Å². The Morgan fingerprint density at radius 2 is 2.12 bits per heavy atom. The third kappa shape index (κ3) is 3.52. The zero-order valence-corrected chi connectivity index (χ0v) is 18.7. The van der Waals surface area contributed by atoms with Gasteiger partial charge in [0.25, 0.3) is 0 Å². The number of nitrogens with two attached hydrogens (primary N) is 1. The molecular formula is C24H21N7OS. The molecule has 0 spiro atoms. The number of benzene rings is 1. The molecule has 33 heavy (non-hydrogen) atoms. The molecule has 6 rings (SSSR count). The van der Waals surface area contributed by atoms with Crippen molar-refractivity contribution >= 4 is 44.3 Å². The number of aromatic nitrogens is 5. The SMILES string of the molecule is C=CC(=O)N1CC[C@H](n2nc(C#Cc3ccc4sc(C5CC5)nc4c3)c3c(N)ncnc32)C1. The van der Waals surface area contributed by atoms with Gasteiger partial charge in [-0.25, -0.2) is 19.6 Å². The molecule has 0 unspecified atom stereocenters. The number of hydrogen-bond acceptors (Lipinski definition) is 7. The Kier molecular flexibility index (Phi) is 4.62. The number of carbonyl (C=O) groups is 1. The second-order valence-corrected chi connectivity index (χ2v) is 9.50. The molecule has 1 atom stereocenters. The van der Waals surface area contributed by atoms with Crippen LogP contribution in [0.15, 0.2) is 37.2 Å². The number of fused-ring (bicyclic) bond motifs is 2. The molecule has 8 nitrogen and oxygen atoms in total. The fourth-order valence-electron chi connectivity index (χ4n) is 4.27. The van der Waals surface area contributed by atoms with Gasteiger partial charge in [-0.1, -0.05) is 12.5 Å². The minimum atomic E-state index is -0.0783. The number of hydrogen-bond donors (Lipinski definition) is 1. The van der Waals surface area contributed by atoms with Gasteiger partial charge in [0.15, 0.2) is 5.65 Å². The molecule has 4 aromatic rings. The largest absolute Gasteiger partial charge is 0.383 e. The maximum Gasteiger partial charge on any atom is 0.246 e. The van der Waals surface area contributed by atoms with Crippen molar-refractivity contribution in [3.05, 3.63) is 53.4 Å². The molecule has 2 fully saturated rings. The van der Waals surface area contributed by atoms with Crippen LogP contribution in [-0.4, -0.2) is 48.6 Å². The van der Waals surface area contributed by atoms with Crippen LogP contribution in [0.4, 0.5) is 5.82 Å². The zero-order valence-electron chi connectivity index (χ0n) is 17.9. The first-order valence-electron chi connectivity index (χ1n) is 10.9. The van der Waals surface area contributed by atoms with Crippen LogP contribution in [0.25, 0.3) is 21.3 Å². The quantitative estimate of drug-likeness (QED) is 0.376. The number of nitrogens with zero attached hydrogens (tertiary/aromatic N) is 6. The normalized spacial score (nSPS) is 17.9. The number of amides is 1. The van der Waals surface area contributed by atoms with E-state index in [2.05, 4.69) is 34.5 Å². The minimum Gasteiger partial charge on any atom is -0.383 e. The Balaban J connectivity index is 1.36. The van der Waals surface area contributed by atoms with Crippen molar-refractivity contribution in [3.63, 3.8) is 0 Å². The lowest BCUT2D eigenvalue weighted by atomic mass is 10.2. The Bertz CT molecular complexity index is 1490. The van der Waals surface area contributed by atoms with Crippen molar-refractivity contribution in [3.8, 4) is 11.8 Å². The number of anilines is 1. The van der Waals surface area contributed by atoms with E-state index in [9.17, 15) is 4.79 Å². The lowest BCUT2D eigenvalue weighted by Gasteiger charge is -2.14. The van der Waals surface area contributed by atoms with Gasteiger partial charge < -0.3 is 10.6 Å². The topological polar surface area (TPSA) is 103 Å². The molecule has 0 bridgehead atoms. The van der Waals surface area contributed by atoms with Gasteiger partial charge in [0.1, 0.15) is 17.8 Å². The molecule has 164 valence electrons. The van der Waals surface area contributed by atoms with Crippen LogP contribution in [-0.2, 0) is 4.79 Å². The summed E-state index contributed by atoms with van der Waals surface area (Å²) in [7, 11) is 0. The average Bonchev–Trinajstić information content (AvgIpc) is 3.24. The molecule has 1 amide bonds. The first-order chi connectivity index (χ1) is 16.1. The molecule has 2 N–H and O–H groups in total. The van der Waals surface area contributed by atoms with Crippen molar-refractivity contribution in [2.75, 3.05) is 18.8 Å². The van der Waals surface area contributed by atoms with E-state index in [1.165, 1.54) is 35.0 Å². The Labute approximate surface area is 194 Å². The summed E-state index contributed by atoms with van der Waals surface area (Å²) in [5.74, 6) is 7.30. The van der Waals surface area contributed by atoms with E-state index in [-0.39, 0.29) is 11.9 Å². The van der Waals surface area contributed by atoms with Crippen molar-refractivity contribution < 1.29 is 4.79 Å². The predicted molar refractivity (Wildman–Crippen MR) is 128 cm³/mol. The first kappa shape index (κ1) is 19.9. The fourth-order valence-corrected chi connectivity index (χ4v) is 5.38. The summed E-state index contributed by atoms with van der Waals surface area (Å²) in [6.45, 7) is 4.77. The molecule has 1 saturated heterocycles. The number of rotatable bonds is 3. The summed E-state index contributed by atoms with van der Waals surface area (Å²) in [5.41, 5.74) is 9.22. The molecule has 9 heteroatoms. The molecule has 1 aromatic carbocycles. The van der Waals surface area contributed by atoms with Crippen LogP contribution in [0, 0.1) is 11.8 Å². The van der Waals surface area contributed by atoms with Crippen LogP contribution >= 0.6 is 11.3 Å². The predicted octanol–water partition coefficient (Wildman–Crippen LogP) is 3.25. The highest BCUT2D eigenvalue weighted by atomic mass is 32.1. The number of nitrogen functional groups attached to an aromatic ring is 1. The fraction of sp³-hybridized carbons (Fsp3) is 0.292. The van der Waals surface area contributed by atoms with E-state index in [1.54, 1.807) is 16.2 Å². The second kappa shape index (κ2) is 7.67. The number of thiazole rings is 1. The number of likely N-dealkylation sites (tertiary alicyclic amines) is 1. The summed E-state index contributed by atoms with van der Waals surface area (Å²) in [4.78, 5) is 27.1. The third-order valence-electron chi connectivity index (χ3n) is 6.17. The Hall–Kier alpha value is -3.77. The van der Waals surface area contributed by atoms with Crippen LogP contribution in [0.2, 0.25) is 0 Å². The lowest BCUT2D eigenvalue weighted by molar-refractivity contribution is -0.125. The zero-order chi connectivity index (χ0) is 22.5. The van der Waals surface area contributed by atoms with Gasteiger partial charge in [0, 0.05) is 24.6 Å². The standard InChI is InChI=1S/C24H21N7OS/c1-2-20(32)30-10-9-16(12-30)31-23-21(22(25)26-13-27-23)17(29-31)7-3-14-4-8-19-18(11-14)28-24(33-19)15-5-6-15/h2,4,8,11,13,15-16H,1,5-6,9-10,12H2,(H2,25,26,27)/t16-/m0/s1. The Morgan fingerprint density at radius 3 is 2.94 bits per heavy atom. The van der Waals surface area contributed by atoms with Gasteiger partial charge in [-0.15, -0.1) is 11.3 Å². The molecule has 3 aromatic heterocycles. The molecule has 2 aliphatic rings. The third-order valence-corrected chi connectivity index (χ3v) is 7.37. The molecule has 4 heterocycles. The molecule has 1 saturated carbocycles. The molecular weight excluding hydrogens is 434 g/mol. The summed E-state index contributed by atoms with van der Waals surface area (Å²) in [5, 5.41) is 6.62. The Morgan fingerprint density at radius 1 is 1.24 bits per heavy atom. The van der Waals surface area contributed by atoms with Crippen molar-refractivity contribution in [1.29, 1.82) is 0 Å². The molecule has 0 radical (unpaired) electrons. The second-order valence-electron chi connectivity index (χ2n) is 8.44. The van der Waals surface area contributed by atoms with Gasteiger partial charge in [-0.05, 0) is 49.5 Å². The highest BCUT2D eigenvalue weighted by molar-refractivity contribution is 7.18. The van der Waals surface area contributed by atoms with E-state index < -0.39 is 0 Å². The van der Waals surface area contributed by atoms with Crippen LogP contribution in [0.5, 0.6) is 0 Å². The summed E-state index contributed by atoms with van der Waals surface area (Å²) in [6.07, 6.45) is 6.03. The molecule has 1 aliphatic heterocycles. The van der Waals surface area contributed by atoms with Crippen LogP contribution in [0.3, 0.4) is 0 Å². The number of carbonyl (C=O) groups excluding carboxylic acids is 1. The van der Waals surface area contributed by atoms with E-state index in [0.29, 0.717) is 41.6 Å². The lowest BCUT2D eigenvalue weighted by Crippen LogP contribution is -2.27. The maximum absolute atomic E-state index is 12.0. The van der Waals surface area contributed by atoms with E-state index >= 15 is 0 Å². The minimum absolute atomic E-state index is 0.00606. The van der Waals surface area contributed by atoms with Crippen LogP contribution < -0.4 is 5.73 Å². The maximum atomic E-state index is 12.0. The van der Waals surface area contributed by atoms with E-state index in [1.807, 2.05) is 16.8 Å². The van der Waals surface area contributed by atoms with E-state index in [4.69, 9.17) is 15.8 Å². The summed E-state index contributed by atoms with van der Waals surface area (Å²) in [6, 6.07) is 6.12. The highest BCUT2D eigenvalue weighted by Crippen LogP contribution is 2.43. The van der Waals surface area contributed by atoms with Gasteiger partial charge in [-0.3, -0.25) is 4.79 Å².